The Hall–Kier alpha value is -1.85. The van der Waals surface area contributed by atoms with Crippen molar-refractivity contribution in [1.82, 2.24) is 14.9 Å². The molecule has 0 radical (unpaired) electrons. The van der Waals surface area contributed by atoms with E-state index in [1.807, 2.05) is 4.90 Å². The molecule has 1 saturated heterocycles. The maximum atomic E-state index is 12.1. The van der Waals surface area contributed by atoms with Gasteiger partial charge >= 0.3 is 5.69 Å². The number of hydrogen-bond donors (Lipinski definition) is 2. The summed E-state index contributed by atoms with van der Waals surface area (Å²) in [6.07, 6.45) is 2.89. The van der Waals surface area contributed by atoms with Crippen molar-refractivity contribution in [1.29, 1.82) is 0 Å². The molecule has 20 heavy (non-hydrogen) atoms. The number of carbonyl (C=O) groups is 1. The van der Waals surface area contributed by atoms with Crippen LogP contribution in [-0.4, -0.2) is 33.9 Å². The Kier molecular flexibility index (Phi) is 4.42. The molecule has 1 aliphatic heterocycles. The molecule has 0 bridgehead atoms. The molecule has 0 saturated carbocycles. The zero-order valence-corrected chi connectivity index (χ0v) is 12.0. The molecule has 0 aliphatic carbocycles. The lowest BCUT2D eigenvalue weighted by atomic mass is 9.99. The molecular weight excluding hydrogens is 258 g/mol. The van der Waals surface area contributed by atoms with Crippen molar-refractivity contribution in [3.05, 3.63) is 32.1 Å². The highest BCUT2D eigenvalue weighted by atomic mass is 16.2. The van der Waals surface area contributed by atoms with Crippen LogP contribution < -0.4 is 11.2 Å². The van der Waals surface area contributed by atoms with Crippen LogP contribution in [0.4, 0.5) is 0 Å². The van der Waals surface area contributed by atoms with Crippen molar-refractivity contribution in [2.24, 2.45) is 5.92 Å². The van der Waals surface area contributed by atoms with Gasteiger partial charge in [0, 0.05) is 30.8 Å². The van der Waals surface area contributed by atoms with Crippen LogP contribution in [0.1, 0.15) is 37.4 Å². The molecule has 1 aliphatic rings. The van der Waals surface area contributed by atoms with Crippen LogP contribution in [0.25, 0.3) is 0 Å². The minimum absolute atomic E-state index is 0.0848. The number of amides is 1. The van der Waals surface area contributed by atoms with Gasteiger partial charge in [-0.25, -0.2) is 4.79 Å². The minimum atomic E-state index is -0.507. The van der Waals surface area contributed by atoms with Crippen LogP contribution in [-0.2, 0) is 11.2 Å². The Balaban J connectivity index is 2.00. The van der Waals surface area contributed by atoms with Gasteiger partial charge in [0.25, 0.3) is 5.56 Å². The van der Waals surface area contributed by atoms with E-state index in [2.05, 4.69) is 16.9 Å². The Morgan fingerprint density at radius 1 is 1.35 bits per heavy atom. The van der Waals surface area contributed by atoms with Gasteiger partial charge in [-0.3, -0.25) is 14.6 Å². The van der Waals surface area contributed by atoms with Gasteiger partial charge in [0.15, 0.2) is 0 Å². The van der Waals surface area contributed by atoms with Crippen LogP contribution in [0, 0.1) is 12.8 Å². The maximum Gasteiger partial charge on any atom is 0.325 e. The molecule has 0 aromatic carbocycles. The lowest BCUT2D eigenvalue weighted by Crippen LogP contribution is -2.39. The molecule has 1 aromatic rings. The van der Waals surface area contributed by atoms with Crippen LogP contribution >= 0.6 is 0 Å². The van der Waals surface area contributed by atoms with E-state index in [9.17, 15) is 14.4 Å². The number of aromatic amines is 2. The van der Waals surface area contributed by atoms with Gasteiger partial charge in [-0.2, -0.15) is 0 Å². The molecule has 1 atom stereocenters. The fourth-order valence-electron chi connectivity index (χ4n) is 2.73. The zero-order chi connectivity index (χ0) is 14.7. The number of hydrogen-bond acceptors (Lipinski definition) is 3. The lowest BCUT2D eigenvalue weighted by Gasteiger charge is -2.31. The quantitative estimate of drug-likeness (QED) is 0.847. The summed E-state index contributed by atoms with van der Waals surface area (Å²) in [5.41, 5.74) is 0.125. The molecule has 0 unspecified atom stereocenters. The highest BCUT2D eigenvalue weighted by Gasteiger charge is 2.21. The standard InChI is InChI=1S/C14H21N3O3/c1-9-4-3-7-17(8-9)12(18)6-5-11-10(2)15-14(20)16-13(11)19/h9H,3-8H2,1-2H3,(H2,15,16,19,20)/t9-/m0/s1. The van der Waals surface area contributed by atoms with E-state index in [1.54, 1.807) is 6.92 Å². The smallest absolute Gasteiger partial charge is 0.325 e. The van der Waals surface area contributed by atoms with Gasteiger partial charge in [0.2, 0.25) is 5.91 Å². The molecule has 1 fully saturated rings. The minimum Gasteiger partial charge on any atom is -0.342 e. The third-order valence-corrected chi connectivity index (χ3v) is 3.85. The average Bonchev–Trinajstić information content (AvgIpc) is 2.37. The normalized spacial score (nSPS) is 19.1. The number of likely N-dealkylation sites (tertiary alicyclic amines) is 1. The average molecular weight is 279 g/mol. The number of carbonyl (C=O) groups excluding carboxylic acids is 1. The first-order valence-electron chi connectivity index (χ1n) is 7.07. The fourth-order valence-corrected chi connectivity index (χ4v) is 2.73. The van der Waals surface area contributed by atoms with Gasteiger partial charge in [0.1, 0.15) is 0 Å². The van der Waals surface area contributed by atoms with Crippen LogP contribution in [0.15, 0.2) is 9.59 Å². The van der Waals surface area contributed by atoms with Crippen LogP contribution in [0.2, 0.25) is 0 Å². The van der Waals surface area contributed by atoms with Gasteiger partial charge in [-0.05, 0) is 32.1 Å². The SMILES string of the molecule is Cc1[nH]c(=O)[nH]c(=O)c1CCC(=O)N1CCC[C@H](C)C1. The van der Waals surface area contributed by atoms with E-state index in [0.29, 0.717) is 30.0 Å². The third-order valence-electron chi connectivity index (χ3n) is 3.85. The van der Waals surface area contributed by atoms with Gasteiger partial charge in [-0.15, -0.1) is 0 Å². The van der Waals surface area contributed by atoms with E-state index in [-0.39, 0.29) is 5.91 Å². The first kappa shape index (κ1) is 14.6. The number of aromatic nitrogens is 2. The van der Waals surface area contributed by atoms with Crippen molar-refractivity contribution in [3.8, 4) is 0 Å². The largest absolute Gasteiger partial charge is 0.342 e. The number of rotatable bonds is 3. The Morgan fingerprint density at radius 3 is 2.75 bits per heavy atom. The second-order valence-corrected chi connectivity index (χ2v) is 5.60. The Morgan fingerprint density at radius 2 is 2.10 bits per heavy atom. The second-order valence-electron chi connectivity index (χ2n) is 5.60. The molecule has 6 heteroatoms. The molecule has 1 amide bonds. The zero-order valence-electron chi connectivity index (χ0n) is 12.0. The van der Waals surface area contributed by atoms with Crippen molar-refractivity contribution < 1.29 is 4.79 Å². The predicted molar refractivity (Wildman–Crippen MR) is 75.7 cm³/mol. The first-order valence-corrected chi connectivity index (χ1v) is 7.07. The van der Waals surface area contributed by atoms with E-state index in [0.717, 1.165) is 19.5 Å². The van der Waals surface area contributed by atoms with E-state index in [4.69, 9.17) is 0 Å². The molecule has 2 rings (SSSR count). The van der Waals surface area contributed by atoms with E-state index < -0.39 is 11.2 Å². The highest BCUT2D eigenvalue weighted by molar-refractivity contribution is 5.76. The van der Waals surface area contributed by atoms with Crippen molar-refractivity contribution in [3.63, 3.8) is 0 Å². The van der Waals surface area contributed by atoms with Crippen LogP contribution in [0.5, 0.6) is 0 Å². The first-order chi connectivity index (χ1) is 9.47. The number of H-pyrrole nitrogens is 2. The van der Waals surface area contributed by atoms with Crippen molar-refractivity contribution in [2.75, 3.05) is 13.1 Å². The second kappa shape index (κ2) is 6.07. The van der Waals surface area contributed by atoms with Gasteiger partial charge in [-0.1, -0.05) is 6.92 Å². The molecule has 6 nitrogen and oxygen atoms in total. The number of aryl methyl sites for hydroxylation is 1. The summed E-state index contributed by atoms with van der Waals surface area (Å²) in [5, 5.41) is 0. The Bertz CT molecular complexity index is 602. The molecule has 0 spiro atoms. The summed E-state index contributed by atoms with van der Waals surface area (Å²) < 4.78 is 0. The number of piperidine rings is 1. The maximum absolute atomic E-state index is 12.1. The van der Waals surface area contributed by atoms with Crippen LogP contribution in [0.3, 0.4) is 0 Å². The topological polar surface area (TPSA) is 86.0 Å². The van der Waals surface area contributed by atoms with Gasteiger partial charge in [0.05, 0.1) is 0 Å². The van der Waals surface area contributed by atoms with Crippen molar-refractivity contribution in [2.45, 2.75) is 39.5 Å². The molecular formula is C14H21N3O3. The number of nitrogens with zero attached hydrogens (tertiary/aromatic N) is 1. The number of nitrogens with one attached hydrogen (secondary N) is 2. The lowest BCUT2D eigenvalue weighted by molar-refractivity contribution is -0.132. The molecule has 1 aromatic heterocycles. The van der Waals surface area contributed by atoms with Gasteiger partial charge < -0.3 is 9.88 Å². The molecule has 110 valence electrons. The summed E-state index contributed by atoms with van der Waals surface area (Å²) in [7, 11) is 0. The summed E-state index contributed by atoms with van der Waals surface area (Å²) in [4.78, 5) is 41.6. The summed E-state index contributed by atoms with van der Waals surface area (Å²) in [6.45, 7) is 5.44. The molecule has 2 N–H and O–H groups in total. The fraction of sp³-hybridized carbons (Fsp3) is 0.643. The molecule has 2 heterocycles. The summed E-state index contributed by atoms with van der Waals surface area (Å²) in [5.74, 6) is 0.632. The highest BCUT2D eigenvalue weighted by Crippen LogP contribution is 2.16. The summed E-state index contributed by atoms with van der Waals surface area (Å²) >= 11 is 0. The van der Waals surface area contributed by atoms with E-state index in [1.165, 1.54) is 6.42 Å². The van der Waals surface area contributed by atoms with E-state index >= 15 is 0 Å². The summed E-state index contributed by atoms with van der Waals surface area (Å²) in [6, 6.07) is 0. The predicted octanol–water partition coefficient (Wildman–Crippen LogP) is 0.563. The monoisotopic (exact) mass is 279 g/mol. The third kappa shape index (κ3) is 3.37. The van der Waals surface area contributed by atoms with Crippen molar-refractivity contribution >= 4 is 5.91 Å². The Labute approximate surface area is 117 Å².